The van der Waals surface area contributed by atoms with Gasteiger partial charge in [0.25, 0.3) is 0 Å². The Bertz CT molecular complexity index is 1280. The average Bonchev–Trinajstić information content (AvgIpc) is 2.82. The van der Waals surface area contributed by atoms with Gasteiger partial charge in [-0.3, -0.25) is 4.98 Å². The van der Waals surface area contributed by atoms with Crippen molar-refractivity contribution in [1.29, 1.82) is 0 Å². The molecule has 0 fully saturated rings. The summed E-state index contributed by atoms with van der Waals surface area (Å²) in [5, 5.41) is 3.78. The van der Waals surface area contributed by atoms with E-state index in [1.807, 2.05) is 43.3 Å². The number of ether oxygens (including phenoxy) is 3. The van der Waals surface area contributed by atoms with Gasteiger partial charge < -0.3 is 19.5 Å². The first-order chi connectivity index (χ1) is 16.3. The van der Waals surface area contributed by atoms with E-state index in [1.54, 1.807) is 12.3 Å². The zero-order valence-electron chi connectivity index (χ0n) is 18.4. The highest BCUT2D eigenvalue weighted by Crippen LogP contribution is 2.36. The minimum atomic E-state index is -4.47. The van der Waals surface area contributed by atoms with E-state index in [0.29, 0.717) is 23.3 Å². The molecule has 4 aromatic rings. The highest BCUT2D eigenvalue weighted by atomic mass is 19.4. The molecule has 0 unspecified atom stereocenters. The van der Waals surface area contributed by atoms with Gasteiger partial charge in [0, 0.05) is 23.3 Å². The smallest absolute Gasteiger partial charge is 0.422 e. The number of anilines is 2. The third-order valence-corrected chi connectivity index (χ3v) is 4.85. The van der Waals surface area contributed by atoms with Crippen LogP contribution >= 0.6 is 0 Å². The van der Waals surface area contributed by atoms with Crippen molar-refractivity contribution in [2.45, 2.75) is 19.7 Å². The van der Waals surface area contributed by atoms with Crippen LogP contribution in [0.1, 0.15) is 11.3 Å². The topological polar surface area (TPSA) is 78.4 Å². The summed E-state index contributed by atoms with van der Waals surface area (Å²) in [6.07, 6.45) is -1.43. The van der Waals surface area contributed by atoms with Gasteiger partial charge in [-0.05, 0) is 48.9 Å². The summed E-state index contributed by atoms with van der Waals surface area (Å²) in [6.45, 7) is 0.840. The number of aryl methyl sites for hydroxylation is 1. The molecule has 0 saturated heterocycles. The van der Waals surface area contributed by atoms with Gasteiger partial charge in [-0.1, -0.05) is 6.07 Å². The SMILES string of the molecule is COc1cc2c(Nc3ccc(OCc4ccccn4)c(C)c3)ncnc2cc1OCC(F)(F)F. The van der Waals surface area contributed by atoms with Crippen LogP contribution in [0.15, 0.2) is 61.1 Å². The van der Waals surface area contributed by atoms with Gasteiger partial charge >= 0.3 is 6.18 Å². The molecule has 2 heterocycles. The summed E-state index contributed by atoms with van der Waals surface area (Å²) in [6, 6.07) is 14.2. The first-order valence-corrected chi connectivity index (χ1v) is 10.2. The summed E-state index contributed by atoms with van der Waals surface area (Å²) in [5.41, 5.74) is 2.88. The minimum absolute atomic E-state index is 0.0535. The van der Waals surface area contributed by atoms with Crippen molar-refractivity contribution in [2.75, 3.05) is 19.0 Å². The molecule has 0 radical (unpaired) electrons. The van der Waals surface area contributed by atoms with Crippen molar-refractivity contribution >= 4 is 22.4 Å². The van der Waals surface area contributed by atoms with Crippen molar-refractivity contribution in [3.05, 3.63) is 72.3 Å². The maximum absolute atomic E-state index is 12.6. The van der Waals surface area contributed by atoms with Gasteiger partial charge in [0.1, 0.15) is 24.5 Å². The molecule has 176 valence electrons. The summed E-state index contributed by atoms with van der Waals surface area (Å²) in [7, 11) is 1.35. The molecule has 2 aromatic heterocycles. The van der Waals surface area contributed by atoms with Crippen LogP contribution < -0.4 is 19.5 Å². The molecule has 0 spiro atoms. The lowest BCUT2D eigenvalue weighted by molar-refractivity contribution is -0.153. The first-order valence-electron chi connectivity index (χ1n) is 10.2. The van der Waals surface area contributed by atoms with E-state index in [-0.39, 0.29) is 11.5 Å². The molecular formula is C24H21F3N4O3. The van der Waals surface area contributed by atoms with Crippen LogP contribution in [0.2, 0.25) is 0 Å². The van der Waals surface area contributed by atoms with Crippen LogP contribution in [0, 0.1) is 6.92 Å². The van der Waals surface area contributed by atoms with Crippen molar-refractivity contribution in [3.63, 3.8) is 0 Å². The number of benzene rings is 2. The lowest BCUT2D eigenvalue weighted by Crippen LogP contribution is -2.19. The van der Waals surface area contributed by atoms with E-state index in [0.717, 1.165) is 22.7 Å². The molecule has 0 amide bonds. The number of alkyl halides is 3. The third-order valence-electron chi connectivity index (χ3n) is 4.85. The molecule has 0 bridgehead atoms. The highest BCUT2D eigenvalue weighted by Gasteiger charge is 2.29. The Morgan fingerprint density at radius 2 is 1.76 bits per heavy atom. The van der Waals surface area contributed by atoms with Crippen LogP contribution in [0.4, 0.5) is 24.7 Å². The van der Waals surface area contributed by atoms with Crippen LogP contribution in [0.25, 0.3) is 10.9 Å². The molecule has 34 heavy (non-hydrogen) atoms. The summed E-state index contributed by atoms with van der Waals surface area (Å²) in [4.78, 5) is 12.7. The molecule has 2 aromatic carbocycles. The number of aromatic nitrogens is 3. The molecule has 7 nitrogen and oxygen atoms in total. The molecule has 0 aliphatic carbocycles. The second-order valence-corrected chi connectivity index (χ2v) is 7.36. The predicted octanol–water partition coefficient (Wildman–Crippen LogP) is 5.61. The second kappa shape index (κ2) is 9.82. The molecule has 0 aliphatic rings. The number of hydrogen-bond donors (Lipinski definition) is 1. The monoisotopic (exact) mass is 470 g/mol. The zero-order valence-corrected chi connectivity index (χ0v) is 18.4. The third kappa shape index (κ3) is 5.64. The molecule has 10 heteroatoms. The molecule has 0 atom stereocenters. The average molecular weight is 470 g/mol. The van der Waals surface area contributed by atoms with Crippen LogP contribution in [-0.4, -0.2) is 34.8 Å². The zero-order chi connectivity index (χ0) is 24.1. The normalized spacial score (nSPS) is 11.3. The summed E-state index contributed by atoms with van der Waals surface area (Å²) in [5.74, 6) is 1.27. The van der Waals surface area contributed by atoms with Crippen molar-refractivity contribution in [2.24, 2.45) is 0 Å². The fourth-order valence-electron chi connectivity index (χ4n) is 3.26. The Hall–Kier alpha value is -4.08. The fourth-order valence-corrected chi connectivity index (χ4v) is 3.26. The van der Waals surface area contributed by atoms with E-state index < -0.39 is 12.8 Å². The predicted molar refractivity (Wildman–Crippen MR) is 121 cm³/mol. The fraction of sp³-hybridized carbons (Fsp3) is 0.208. The Kier molecular flexibility index (Phi) is 6.67. The molecule has 4 rings (SSSR count). The Morgan fingerprint density at radius 3 is 2.47 bits per heavy atom. The highest BCUT2D eigenvalue weighted by molar-refractivity contribution is 5.93. The lowest BCUT2D eigenvalue weighted by Gasteiger charge is -2.15. The van der Waals surface area contributed by atoms with Gasteiger partial charge in [-0.2, -0.15) is 13.2 Å². The second-order valence-electron chi connectivity index (χ2n) is 7.36. The van der Waals surface area contributed by atoms with Crippen LogP contribution in [0.3, 0.4) is 0 Å². The van der Waals surface area contributed by atoms with Crippen molar-refractivity contribution in [3.8, 4) is 17.2 Å². The van der Waals surface area contributed by atoms with Gasteiger partial charge in [0.15, 0.2) is 18.1 Å². The Morgan fingerprint density at radius 1 is 0.912 bits per heavy atom. The molecular weight excluding hydrogens is 449 g/mol. The molecule has 1 N–H and O–H groups in total. The summed E-state index contributed by atoms with van der Waals surface area (Å²) < 4.78 is 53.7. The lowest BCUT2D eigenvalue weighted by atomic mass is 10.1. The molecule has 0 saturated carbocycles. The van der Waals surface area contributed by atoms with Crippen molar-refractivity contribution < 1.29 is 27.4 Å². The minimum Gasteiger partial charge on any atom is -0.493 e. The van der Waals surface area contributed by atoms with Gasteiger partial charge in [-0.15, -0.1) is 0 Å². The van der Waals surface area contributed by atoms with E-state index in [9.17, 15) is 13.2 Å². The Labute approximate surface area is 193 Å². The maximum Gasteiger partial charge on any atom is 0.422 e. The largest absolute Gasteiger partial charge is 0.493 e. The number of hydrogen-bond acceptors (Lipinski definition) is 7. The number of nitrogens with zero attached hydrogens (tertiary/aromatic N) is 3. The Balaban J connectivity index is 1.55. The van der Waals surface area contributed by atoms with Crippen LogP contribution in [-0.2, 0) is 6.61 Å². The van der Waals surface area contributed by atoms with Gasteiger partial charge in [0.2, 0.25) is 0 Å². The quantitative estimate of drug-likeness (QED) is 0.359. The standard InChI is InChI=1S/C24H21F3N4O3/c1-15-9-16(6-7-20(15)33-12-17-5-3-4-8-28-17)31-23-18-10-21(32-2)22(34-13-24(25,26)27)11-19(18)29-14-30-23/h3-11,14H,12-13H2,1-2H3,(H,29,30,31). The number of nitrogens with one attached hydrogen (secondary N) is 1. The van der Waals surface area contributed by atoms with Gasteiger partial charge in [-0.25, -0.2) is 9.97 Å². The first kappa shape index (κ1) is 23.1. The van der Waals surface area contributed by atoms with Crippen LogP contribution in [0.5, 0.6) is 17.2 Å². The number of halogens is 3. The van der Waals surface area contributed by atoms with E-state index in [4.69, 9.17) is 14.2 Å². The number of methoxy groups -OCH3 is 1. The van der Waals surface area contributed by atoms with E-state index >= 15 is 0 Å². The number of rotatable bonds is 8. The van der Waals surface area contributed by atoms with Gasteiger partial charge in [0.05, 0.1) is 18.3 Å². The number of fused-ring (bicyclic) bond motifs is 1. The maximum atomic E-state index is 12.6. The van der Waals surface area contributed by atoms with Crippen molar-refractivity contribution in [1.82, 2.24) is 15.0 Å². The van der Waals surface area contributed by atoms with E-state index in [2.05, 4.69) is 20.3 Å². The number of pyridine rings is 1. The summed E-state index contributed by atoms with van der Waals surface area (Å²) >= 11 is 0. The van der Waals surface area contributed by atoms with E-state index in [1.165, 1.54) is 19.5 Å². The molecule has 0 aliphatic heterocycles.